The Hall–Kier alpha value is 0.246. The molecular formula is C34H55KO3S. The number of aryl methyl sites for hydroxylation is 2. The van der Waals surface area contributed by atoms with E-state index in [1.165, 1.54) is 121 Å². The van der Waals surface area contributed by atoms with E-state index in [0.717, 1.165) is 30.0 Å². The molecule has 0 saturated carbocycles. The molecule has 0 unspecified atom stereocenters. The minimum atomic E-state index is -4.48. The van der Waals surface area contributed by atoms with Crippen molar-refractivity contribution in [3.63, 3.8) is 0 Å². The van der Waals surface area contributed by atoms with E-state index in [2.05, 4.69) is 26.0 Å². The summed E-state index contributed by atoms with van der Waals surface area (Å²) >= 11 is 0. The average Bonchev–Trinajstić information content (AvgIpc) is 2.89. The van der Waals surface area contributed by atoms with Crippen LogP contribution in [-0.2, 0) is 23.0 Å². The second kappa shape index (κ2) is 22.8. The maximum Gasteiger partial charge on any atom is 1.00 e. The molecule has 5 heteroatoms. The van der Waals surface area contributed by atoms with Gasteiger partial charge in [0.2, 0.25) is 0 Å². The van der Waals surface area contributed by atoms with Crippen LogP contribution in [0.2, 0.25) is 0 Å². The van der Waals surface area contributed by atoms with Crippen LogP contribution in [0, 0.1) is 0 Å². The summed E-state index contributed by atoms with van der Waals surface area (Å²) in [7, 11) is -4.48. The number of hydrogen-bond acceptors (Lipinski definition) is 3. The van der Waals surface area contributed by atoms with Gasteiger partial charge in [0.1, 0.15) is 10.1 Å². The molecule has 39 heavy (non-hydrogen) atoms. The van der Waals surface area contributed by atoms with Gasteiger partial charge in [-0.25, -0.2) is 8.42 Å². The Labute approximate surface area is 283 Å². The van der Waals surface area contributed by atoms with E-state index in [-0.39, 0.29) is 56.3 Å². The minimum Gasteiger partial charge on any atom is -0.744 e. The van der Waals surface area contributed by atoms with Crippen molar-refractivity contribution >= 4 is 20.9 Å². The predicted octanol–water partition coefficient (Wildman–Crippen LogP) is 7.67. The number of benzene rings is 2. The maximum atomic E-state index is 12.0. The normalized spacial score (nSPS) is 11.7. The Morgan fingerprint density at radius 3 is 1.44 bits per heavy atom. The van der Waals surface area contributed by atoms with Crippen molar-refractivity contribution < 1.29 is 64.4 Å². The molecule has 0 radical (unpaired) electrons. The third-order valence-corrected chi connectivity index (χ3v) is 8.89. The van der Waals surface area contributed by atoms with E-state index in [4.69, 9.17) is 0 Å². The summed E-state index contributed by atoms with van der Waals surface area (Å²) in [6.45, 7) is 4.51. The zero-order chi connectivity index (χ0) is 27.5. The van der Waals surface area contributed by atoms with Gasteiger partial charge in [-0.3, -0.25) is 0 Å². The molecule has 0 aliphatic rings. The standard InChI is InChI=1S/C34H56O3S.K/c1-3-5-7-9-11-13-15-17-19-21-23-30-25-26-31-29-34(38(35,36)37)32(28-33(31)27-30)24-22-20-18-16-14-12-10-8-6-4-2;/h25-29H,3-24H2,1-2H3,(H,35,36,37);/q;+1/p-1. The molecule has 0 amide bonds. The van der Waals surface area contributed by atoms with Crippen LogP contribution < -0.4 is 51.4 Å². The van der Waals surface area contributed by atoms with Crippen LogP contribution >= 0.6 is 0 Å². The monoisotopic (exact) mass is 582 g/mol. The third kappa shape index (κ3) is 16.5. The first-order valence-corrected chi connectivity index (χ1v) is 17.4. The predicted molar refractivity (Wildman–Crippen MR) is 163 cm³/mol. The van der Waals surface area contributed by atoms with Gasteiger partial charge < -0.3 is 4.55 Å². The molecule has 0 aromatic heterocycles. The van der Waals surface area contributed by atoms with Crippen LogP contribution in [-0.4, -0.2) is 13.0 Å². The molecule has 0 bridgehead atoms. The summed E-state index contributed by atoms with van der Waals surface area (Å²) in [5, 5.41) is 1.90. The molecule has 2 aromatic rings. The van der Waals surface area contributed by atoms with E-state index in [1.807, 2.05) is 12.1 Å². The molecule has 0 saturated heterocycles. The Bertz CT molecular complexity index is 1000. The molecule has 2 aromatic carbocycles. The van der Waals surface area contributed by atoms with Crippen molar-refractivity contribution in [3.05, 3.63) is 41.5 Å². The molecule has 0 aliphatic carbocycles. The van der Waals surface area contributed by atoms with Crippen LogP contribution in [0.1, 0.15) is 153 Å². The number of fused-ring (bicyclic) bond motifs is 1. The topological polar surface area (TPSA) is 57.2 Å². The van der Waals surface area contributed by atoms with Gasteiger partial charge in [0.25, 0.3) is 0 Å². The quantitative estimate of drug-likeness (QED) is 0.0767. The largest absolute Gasteiger partial charge is 1.00 e. The van der Waals surface area contributed by atoms with Crippen molar-refractivity contribution in [1.29, 1.82) is 0 Å². The van der Waals surface area contributed by atoms with E-state index in [0.29, 0.717) is 12.0 Å². The third-order valence-electron chi connectivity index (χ3n) is 7.97. The number of rotatable bonds is 23. The van der Waals surface area contributed by atoms with Crippen LogP contribution in [0.25, 0.3) is 10.8 Å². The Kier molecular flexibility index (Phi) is 21.8. The molecule has 0 fully saturated rings. The first-order valence-electron chi connectivity index (χ1n) is 16.0. The summed E-state index contributed by atoms with van der Waals surface area (Å²) in [6.07, 6.45) is 27.5. The molecule has 0 atom stereocenters. The second-order valence-electron chi connectivity index (χ2n) is 11.5. The molecule has 0 N–H and O–H groups in total. The number of hydrogen-bond donors (Lipinski definition) is 0. The summed E-state index contributed by atoms with van der Waals surface area (Å²) in [5.74, 6) is 0. The first-order chi connectivity index (χ1) is 18.5. The SMILES string of the molecule is CCCCCCCCCCCCc1ccc2cc(S(=O)(=O)[O-])c(CCCCCCCCCCCC)cc2c1.[K+]. The summed E-state index contributed by atoms with van der Waals surface area (Å²) in [5.41, 5.74) is 2.00. The van der Waals surface area contributed by atoms with E-state index >= 15 is 0 Å². The average molecular weight is 583 g/mol. The van der Waals surface area contributed by atoms with Gasteiger partial charge in [0, 0.05) is 0 Å². The van der Waals surface area contributed by atoms with Gasteiger partial charge in [0.15, 0.2) is 0 Å². The maximum absolute atomic E-state index is 12.0. The molecule has 0 heterocycles. The fourth-order valence-electron chi connectivity index (χ4n) is 5.58. The Morgan fingerprint density at radius 1 is 0.538 bits per heavy atom. The zero-order valence-electron chi connectivity index (χ0n) is 25.6. The van der Waals surface area contributed by atoms with Crippen LogP contribution in [0.5, 0.6) is 0 Å². The molecular weight excluding hydrogens is 528 g/mol. The van der Waals surface area contributed by atoms with Crippen molar-refractivity contribution in [2.45, 2.75) is 160 Å². The molecule has 2 rings (SSSR count). The molecule has 3 nitrogen and oxygen atoms in total. The van der Waals surface area contributed by atoms with Gasteiger partial charge >= 0.3 is 51.4 Å². The number of unbranched alkanes of at least 4 members (excludes halogenated alkanes) is 18. The van der Waals surface area contributed by atoms with E-state index < -0.39 is 10.1 Å². The fraction of sp³-hybridized carbons (Fsp3) is 0.706. The molecule has 216 valence electrons. The minimum absolute atomic E-state index is 0. The summed E-state index contributed by atoms with van der Waals surface area (Å²) < 4.78 is 36.0. The van der Waals surface area contributed by atoms with Crippen LogP contribution in [0.15, 0.2) is 35.2 Å². The van der Waals surface area contributed by atoms with Crippen LogP contribution in [0.3, 0.4) is 0 Å². The van der Waals surface area contributed by atoms with Gasteiger partial charge in [-0.2, -0.15) is 0 Å². The van der Waals surface area contributed by atoms with Crippen molar-refractivity contribution in [3.8, 4) is 0 Å². The zero-order valence-corrected chi connectivity index (χ0v) is 29.5. The van der Waals surface area contributed by atoms with Gasteiger partial charge in [-0.1, -0.05) is 148 Å². The van der Waals surface area contributed by atoms with E-state index in [1.54, 1.807) is 6.07 Å². The van der Waals surface area contributed by atoms with E-state index in [9.17, 15) is 13.0 Å². The summed E-state index contributed by atoms with van der Waals surface area (Å²) in [6, 6.07) is 9.86. The molecule has 0 aliphatic heterocycles. The summed E-state index contributed by atoms with van der Waals surface area (Å²) in [4.78, 5) is -0.0247. The Balaban J connectivity index is 0.00000760. The van der Waals surface area contributed by atoms with Crippen molar-refractivity contribution in [1.82, 2.24) is 0 Å². The second-order valence-corrected chi connectivity index (χ2v) is 12.8. The van der Waals surface area contributed by atoms with Crippen molar-refractivity contribution in [2.24, 2.45) is 0 Å². The van der Waals surface area contributed by atoms with Crippen molar-refractivity contribution in [2.75, 3.05) is 0 Å². The van der Waals surface area contributed by atoms with Gasteiger partial charge in [0.05, 0.1) is 4.90 Å². The smallest absolute Gasteiger partial charge is 0.744 e. The Morgan fingerprint density at radius 2 is 0.974 bits per heavy atom. The fourth-order valence-corrected chi connectivity index (χ4v) is 6.33. The van der Waals surface area contributed by atoms with Crippen LogP contribution in [0.4, 0.5) is 0 Å². The van der Waals surface area contributed by atoms with Gasteiger partial charge in [-0.15, -0.1) is 0 Å². The molecule has 0 spiro atoms. The van der Waals surface area contributed by atoms with Gasteiger partial charge in [-0.05, 0) is 59.7 Å². The first kappa shape index (κ1) is 37.3.